The monoisotopic (exact) mass is 654 g/mol. The van der Waals surface area contributed by atoms with E-state index in [4.69, 9.17) is 7.15 Å². The van der Waals surface area contributed by atoms with E-state index < -0.39 is 17.8 Å². The lowest BCUT2D eigenvalue weighted by atomic mass is 10.1. The summed E-state index contributed by atoms with van der Waals surface area (Å²) in [6.45, 7) is 4.81. The third kappa shape index (κ3) is 24.4. The highest BCUT2D eigenvalue weighted by atomic mass is 32.4. The average Bonchev–Trinajstić information content (AvgIpc) is 3.36. The number of carbonyl (C=O) groups is 6. The third-order valence-electron chi connectivity index (χ3n) is 5.82. The summed E-state index contributed by atoms with van der Waals surface area (Å²) >= 11 is 0. The number of nitrogens with two attached hydrogens (primary N) is 1. The molecule has 1 saturated heterocycles. The minimum atomic E-state index is -0.571. The quantitative estimate of drug-likeness (QED) is 0.0687. The molecule has 43 heavy (non-hydrogen) atoms. The highest BCUT2D eigenvalue weighted by Gasteiger charge is 2.32. The first-order valence-electron chi connectivity index (χ1n) is 14.7. The first-order valence-corrected chi connectivity index (χ1v) is 16.3. The zero-order valence-electron chi connectivity index (χ0n) is 27.4. The van der Waals surface area contributed by atoms with Crippen molar-refractivity contribution < 1.29 is 35.0 Å². The van der Waals surface area contributed by atoms with Crippen LogP contribution in [0.5, 0.6) is 0 Å². The summed E-state index contributed by atoms with van der Waals surface area (Å²) in [7, 11) is 10.7. The fourth-order valence-corrected chi connectivity index (χ4v) is 3.30. The summed E-state index contributed by atoms with van der Waals surface area (Å²) in [5.74, 6) is -1.31. The summed E-state index contributed by atoms with van der Waals surface area (Å²) in [5, 5.41) is 14.5. The van der Waals surface area contributed by atoms with Crippen molar-refractivity contribution in [3.05, 3.63) is 0 Å². The van der Waals surface area contributed by atoms with Crippen molar-refractivity contribution in [2.24, 2.45) is 5.73 Å². The Hall–Kier alpha value is -2.78. The third-order valence-corrected chi connectivity index (χ3v) is 5.82. The highest BCUT2D eigenvalue weighted by Crippen LogP contribution is 2.12. The van der Waals surface area contributed by atoms with Crippen molar-refractivity contribution in [3.63, 3.8) is 0 Å². The summed E-state index contributed by atoms with van der Waals surface area (Å²) in [6, 6.07) is -0.201. The molecule has 0 bridgehead atoms. The van der Waals surface area contributed by atoms with Crippen LogP contribution in [0.1, 0.15) is 78.1 Å². The molecule has 5 amide bonds. The van der Waals surface area contributed by atoms with Gasteiger partial charge in [-0.25, -0.2) is 9.57 Å². The van der Waals surface area contributed by atoms with Crippen LogP contribution >= 0.6 is 8.02 Å². The van der Waals surface area contributed by atoms with Crippen LogP contribution in [0, 0.1) is 4.77 Å². The van der Waals surface area contributed by atoms with Crippen LogP contribution in [0.15, 0.2) is 0 Å². The van der Waals surface area contributed by atoms with Gasteiger partial charge in [-0.05, 0) is 71.5 Å². The number of nitrogens with one attached hydrogen (secondary N) is 6. The number of likely N-dealkylation sites (N-methyl/N-ethyl adjacent to an activating group) is 4. The van der Waals surface area contributed by atoms with Gasteiger partial charge in [-0.3, -0.25) is 24.0 Å². The largest absolute Gasteiger partial charge is 0.358 e. The van der Waals surface area contributed by atoms with Gasteiger partial charge in [0.05, 0.1) is 12.1 Å². The molecule has 1 fully saturated rings. The van der Waals surface area contributed by atoms with Crippen LogP contribution < -0.4 is 32.3 Å². The molecule has 1 aliphatic heterocycles. The van der Waals surface area contributed by atoms with Crippen molar-refractivity contribution in [1.29, 1.82) is 4.77 Å². The predicted molar refractivity (Wildman–Crippen MR) is 170 cm³/mol. The Balaban J connectivity index is -0.000000545. The molecule has 17 heteroatoms. The molecule has 0 aromatic rings. The lowest BCUT2D eigenvalue weighted by Crippen LogP contribution is -2.41. The Kier molecular flexibility index (Phi) is 30.2. The van der Waals surface area contributed by atoms with Gasteiger partial charge < -0.3 is 37.2 Å². The van der Waals surface area contributed by atoms with Crippen molar-refractivity contribution in [3.8, 4) is 0 Å². The van der Waals surface area contributed by atoms with Crippen molar-refractivity contribution in [2.45, 2.75) is 90.1 Å². The van der Waals surface area contributed by atoms with E-state index in [9.17, 15) is 28.8 Å². The van der Waals surface area contributed by atoms with E-state index in [1.54, 1.807) is 35.1 Å². The van der Waals surface area contributed by atoms with Gasteiger partial charge in [0, 0.05) is 46.3 Å². The van der Waals surface area contributed by atoms with Crippen molar-refractivity contribution in [1.82, 2.24) is 31.6 Å². The molecule has 0 aromatic heterocycles. The first-order chi connectivity index (χ1) is 21.0. The van der Waals surface area contributed by atoms with Gasteiger partial charge in [0.2, 0.25) is 19.1 Å². The molecule has 0 radical (unpaired) electrons. The number of rotatable bonds is 16. The van der Waals surface area contributed by atoms with Crippen LogP contribution in [0.2, 0.25) is 1.41 Å². The minimum Gasteiger partial charge on any atom is -0.358 e. The number of amides is 5. The van der Waals surface area contributed by atoms with Crippen LogP contribution in [0.3, 0.4) is 0 Å². The summed E-state index contributed by atoms with van der Waals surface area (Å²) in [4.78, 5) is 70.3. The molecular weight excluding hydrogens is 599 g/mol. The van der Waals surface area contributed by atoms with Gasteiger partial charge in [0.15, 0.2) is 0 Å². The van der Waals surface area contributed by atoms with Crippen LogP contribution in [0.4, 0.5) is 0 Å². The molecule has 0 spiro atoms. The Bertz CT molecular complexity index is 898. The van der Waals surface area contributed by atoms with E-state index in [0.29, 0.717) is 24.6 Å². The Morgan fingerprint density at radius 2 is 1.40 bits per heavy atom. The molecule has 8 N–H and O–H groups in total. The van der Waals surface area contributed by atoms with E-state index in [1.165, 1.54) is 0 Å². The number of hydroxylamine groups is 2. The van der Waals surface area contributed by atoms with E-state index in [2.05, 4.69) is 44.2 Å². The first kappa shape index (κ1) is 42.4. The van der Waals surface area contributed by atoms with Gasteiger partial charge in [-0.15, -0.1) is 5.06 Å². The Labute approximate surface area is 262 Å². The van der Waals surface area contributed by atoms with E-state index in [0.717, 1.165) is 49.3 Å². The molecule has 2 unspecified atom stereocenters. The fraction of sp³-hybridized carbons (Fsp3) is 0.769. The molecule has 15 nitrogen and oxygen atoms in total. The topological polar surface area (TPSA) is 225 Å². The number of imide groups is 1. The van der Waals surface area contributed by atoms with Gasteiger partial charge in [0.1, 0.15) is 0 Å². The number of unbranched alkanes of at least 4 members (excludes halogenated alkanes) is 2. The normalized spacial score (nSPS) is 13.2. The van der Waals surface area contributed by atoms with Crippen LogP contribution in [-0.4, -0.2) is 93.9 Å². The fourth-order valence-electron chi connectivity index (χ4n) is 3.30. The lowest BCUT2D eigenvalue weighted by Gasteiger charge is -2.14. The Morgan fingerprint density at radius 3 is 1.74 bits per heavy atom. The maximum absolute atomic E-state index is 11.3. The molecule has 1 aliphatic rings. The van der Waals surface area contributed by atoms with E-state index in [-0.39, 0.29) is 49.1 Å². The molecule has 0 aromatic carbocycles. The maximum atomic E-state index is 11.3. The minimum absolute atomic E-state index is 0.0140. The molecule has 0 saturated carbocycles. The molecule has 0 aliphatic carbocycles. The predicted octanol–water partition coefficient (Wildman–Crippen LogP) is 0.359. The number of nitrogens with zero attached hydrogens (tertiary/aromatic N) is 1. The van der Waals surface area contributed by atoms with Crippen LogP contribution in [-0.2, 0) is 44.3 Å². The maximum Gasteiger partial charge on any atom is 0.332 e. The summed E-state index contributed by atoms with van der Waals surface area (Å²) in [6.07, 6.45) is 6.39. The average molecular weight is 655 g/mol. The van der Waals surface area contributed by atoms with E-state index in [1.807, 2.05) is 6.92 Å². The van der Waals surface area contributed by atoms with Gasteiger partial charge in [-0.2, -0.15) is 0 Å². The number of hydrogen-bond acceptors (Lipinski definition) is 11. The van der Waals surface area contributed by atoms with E-state index >= 15 is 0 Å². The lowest BCUT2D eigenvalue weighted by molar-refractivity contribution is -0.197. The molecule has 1 heterocycles. The number of hydrogen-bond donors (Lipinski definition) is 7. The Morgan fingerprint density at radius 1 is 0.930 bits per heavy atom. The number of carbonyl (C=O) groups excluding carboxylic acids is 6. The van der Waals surface area contributed by atoms with Crippen molar-refractivity contribution >= 4 is 54.3 Å². The smallest absolute Gasteiger partial charge is 0.332 e. The summed E-state index contributed by atoms with van der Waals surface area (Å²) < 4.78 is 8.81. The standard InChI is InChI=1S/C11H23N3O2.C8H19N3O.C7H9NO4.H2NPS/c1-4-10(15)14-8-6-5-7-9(12-2)11(16)13-3;1-10-7(8(12)11-2)5-3-4-6-9;1-2-7(11)12-8-5(9)3-4-6(8)10;1-3-2/h9,12H,4-8H2,1-3H3,(H,13,16)(H,14,15);7,10H,3-6,9H2,1-2H3,(H,11,12);2-4H2,1H3;1-2H/i/hT. The second kappa shape index (κ2) is 30.7. The summed E-state index contributed by atoms with van der Waals surface area (Å²) in [5.41, 5.74) is 5.34. The van der Waals surface area contributed by atoms with Gasteiger partial charge >= 0.3 is 5.97 Å². The molecule has 2 atom stereocenters. The molecule has 250 valence electrons. The SMILES string of the molecule is CCC(=O)NCCCCC(NC)C(=O)NC.CCC(=O)ON1C(=O)CCC1=O.CNC(=O)C(CCCCN)NC.[3H]N=S=P. The highest BCUT2D eigenvalue weighted by molar-refractivity contribution is 7.94. The van der Waals surface area contributed by atoms with Gasteiger partial charge in [-0.1, -0.05) is 20.3 Å². The molecule has 1 rings (SSSR count). The second-order valence-corrected chi connectivity index (χ2v) is 9.62. The zero-order valence-corrected chi connectivity index (χ0v) is 28.2. The van der Waals surface area contributed by atoms with Crippen LogP contribution in [0.25, 0.3) is 0 Å². The second-order valence-electron chi connectivity index (χ2n) is 8.88. The van der Waals surface area contributed by atoms with Gasteiger partial charge in [0.25, 0.3) is 11.8 Å². The zero-order chi connectivity index (χ0) is 34.3. The van der Waals surface area contributed by atoms with Crippen molar-refractivity contribution in [2.75, 3.05) is 41.3 Å². The molecular formula is C26H53N8O7PS.